The lowest BCUT2D eigenvalue weighted by molar-refractivity contribution is -0.133. The van der Waals surface area contributed by atoms with Gasteiger partial charge in [-0.2, -0.15) is 0 Å². The molecule has 0 unspecified atom stereocenters. The number of piperazine rings is 1. The van der Waals surface area contributed by atoms with Crippen molar-refractivity contribution in [3.63, 3.8) is 0 Å². The predicted molar refractivity (Wildman–Crippen MR) is 133 cm³/mol. The van der Waals surface area contributed by atoms with Gasteiger partial charge in [-0.25, -0.2) is 0 Å². The van der Waals surface area contributed by atoms with Crippen LogP contribution in [0.1, 0.15) is 5.56 Å². The highest BCUT2D eigenvalue weighted by Gasteiger charge is 2.21. The molecule has 2 aromatic carbocycles. The second-order valence-electron chi connectivity index (χ2n) is 8.13. The molecule has 1 aliphatic heterocycles. The summed E-state index contributed by atoms with van der Waals surface area (Å²) in [5.74, 6) is 0.734. The van der Waals surface area contributed by atoms with Gasteiger partial charge in [0.15, 0.2) is 6.61 Å². The van der Waals surface area contributed by atoms with Crippen LogP contribution in [0.4, 0.5) is 11.4 Å². The molecule has 1 aromatic heterocycles. The second kappa shape index (κ2) is 10.6. The minimum Gasteiger partial charge on any atom is -0.484 e. The van der Waals surface area contributed by atoms with Crippen molar-refractivity contribution in [2.45, 2.75) is 6.42 Å². The van der Waals surface area contributed by atoms with E-state index in [2.05, 4.69) is 39.0 Å². The topological polar surface area (TPSA) is 77.8 Å². The lowest BCUT2D eigenvalue weighted by atomic mass is 10.1. The largest absolute Gasteiger partial charge is 0.484 e. The summed E-state index contributed by atoms with van der Waals surface area (Å²) in [6.45, 7) is 3.71. The molecule has 4 rings (SSSR count). The maximum Gasteiger partial charge on any atom is 0.260 e. The van der Waals surface area contributed by atoms with Gasteiger partial charge in [0.25, 0.3) is 5.91 Å². The molecule has 3 N–H and O–H groups in total. The zero-order valence-corrected chi connectivity index (χ0v) is 19.5. The van der Waals surface area contributed by atoms with Crippen molar-refractivity contribution in [1.82, 2.24) is 9.88 Å². The van der Waals surface area contributed by atoms with Gasteiger partial charge in [0.1, 0.15) is 5.75 Å². The standard InChI is InChI=1S/C24H31N5O2.ClH/c1-27(2)19-3-5-20(6-4-19)28-11-13-29(14-12-28)24(30)17-31-21-7-8-23-22(15-21)18(9-10-25)16-26-23;/h3-8,15-16,26H,9-14,17,25H2,1-2H3;1H. The van der Waals surface area contributed by atoms with Crippen molar-refractivity contribution < 1.29 is 9.53 Å². The first-order valence-corrected chi connectivity index (χ1v) is 10.8. The van der Waals surface area contributed by atoms with Gasteiger partial charge < -0.3 is 30.2 Å². The molecule has 1 saturated heterocycles. The number of aromatic nitrogens is 1. The number of hydrogen-bond donors (Lipinski definition) is 2. The summed E-state index contributed by atoms with van der Waals surface area (Å²) in [5, 5.41) is 1.10. The number of anilines is 2. The third-order valence-electron chi connectivity index (χ3n) is 5.88. The van der Waals surface area contributed by atoms with Crippen molar-refractivity contribution in [2.75, 3.05) is 63.2 Å². The monoisotopic (exact) mass is 457 g/mol. The Bertz CT molecular complexity index is 1030. The molecule has 32 heavy (non-hydrogen) atoms. The van der Waals surface area contributed by atoms with E-state index in [9.17, 15) is 4.79 Å². The SMILES string of the molecule is CN(C)c1ccc(N2CCN(C(=O)COc3ccc4[nH]cc(CCN)c4c3)CC2)cc1.Cl. The Morgan fingerprint density at radius 1 is 1.09 bits per heavy atom. The van der Waals surface area contributed by atoms with Gasteiger partial charge in [-0.15, -0.1) is 12.4 Å². The number of carbonyl (C=O) groups is 1. The number of carbonyl (C=O) groups excluding carboxylic acids is 1. The molecular formula is C24H32ClN5O2. The van der Waals surface area contributed by atoms with Crippen LogP contribution < -0.4 is 20.3 Å². The van der Waals surface area contributed by atoms with Crippen LogP contribution in [0.3, 0.4) is 0 Å². The van der Waals surface area contributed by atoms with Crippen LogP contribution in [0.5, 0.6) is 5.75 Å². The third-order valence-corrected chi connectivity index (χ3v) is 5.88. The molecule has 0 radical (unpaired) electrons. The predicted octanol–water partition coefficient (Wildman–Crippen LogP) is 2.88. The lowest BCUT2D eigenvalue weighted by Crippen LogP contribution is -2.50. The van der Waals surface area contributed by atoms with E-state index in [1.807, 2.05) is 43.4 Å². The third kappa shape index (κ3) is 5.29. The second-order valence-corrected chi connectivity index (χ2v) is 8.13. The first kappa shape index (κ1) is 23.8. The number of ether oxygens (including phenoxy) is 1. The van der Waals surface area contributed by atoms with E-state index in [1.54, 1.807) is 0 Å². The molecule has 1 amide bonds. The lowest BCUT2D eigenvalue weighted by Gasteiger charge is -2.36. The molecule has 7 nitrogen and oxygen atoms in total. The molecule has 0 bridgehead atoms. The molecular weight excluding hydrogens is 426 g/mol. The van der Waals surface area contributed by atoms with Gasteiger partial charge in [0, 0.05) is 68.7 Å². The number of rotatable bonds is 7. The number of benzene rings is 2. The van der Waals surface area contributed by atoms with E-state index >= 15 is 0 Å². The Hall–Kier alpha value is -2.90. The molecule has 2 heterocycles. The van der Waals surface area contributed by atoms with Crippen LogP contribution in [-0.2, 0) is 11.2 Å². The number of hydrogen-bond acceptors (Lipinski definition) is 5. The van der Waals surface area contributed by atoms with Gasteiger partial charge in [0.2, 0.25) is 0 Å². The number of H-pyrrole nitrogens is 1. The van der Waals surface area contributed by atoms with Crippen LogP contribution in [0.15, 0.2) is 48.7 Å². The zero-order valence-electron chi connectivity index (χ0n) is 18.7. The van der Waals surface area contributed by atoms with E-state index in [1.165, 1.54) is 16.9 Å². The van der Waals surface area contributed by atoms with Crippen LogP contribution in [0.25, 0.3) is 10.9 Å². The number of aromatic amines is 1. The molecule has 0 aliphatic carbocycles. The Morgan fingerprint density at radius 2 is 1.81 bits per heavy atom. The highest BCUT2D eigenvalue weighted by molar-refractivity contribution is 5.85. The molecule has 0 saturated carbocycles. The smallest absolute Gasteiger partial charge is 0.260 e. The average Bonchev–Trinajstić information content (AvgIpc) is 3.20. The van der Waals surface area contributed by atoms with Crippen molar-refractivity contribution in [1.29, 1.82) is 0 Å². The fourth-order valence-electron chi connectivity index (χ4n) is 4.02. The van der Waals surface area contributed by atoms with Gasteiger partial charge in [0.05, 0.1) is 0 Å². The normalized spacial score (nSPS) is 13.7. The van der Waals surface area contributed by atoms with E-state index in [4.69, 9.17) is 10.5 Å². The number of nitrogens with two attached hydrogens (primary N) is 1. The first-order chi connectivity index (χ1) is 15.0. The van der Waals surface area contributed by atoms with Crippen molar-refractivity contribution in [2.24, 2.45) is 5.73 Å². The molecule has 8 heteroatoms. The summed E-state index contributed by atoms with van der Waals surface area (Å²) in [5.41, 5.74) is 10.3. The number of amides is 1. The quantitative estimate of drug-likeness (QED) is 0.570. The molecule has 0 atom stereocenters. The van der Waals surface area contributed by atoms with Crippen LogP contribution in [0.2, 0.25) is 0 Å². The molecule has 172 valence electrons. The van der Waals surface area contributed by atoms with Crippen LogP contribution in [-0.4, -0.2) is 69.2 Å². The van der Waals surface area contributed by atoms with Crippen LogP contribution >= 0.6 is 12.4 Å². The summed E-state index contributed by atoms with van der Waals surface area (Å²) in [6, 6.07) is 14.4. The Morgan fingerprint density at radius 3 is 2.47 bits per heavy atom. The number of nitrogens with zero attached hydrogens (tertiary/aromatic N) is 3. The van der Waals surface area contributed by atoms with Crippen LogP contribution in [0, 0.1) is 0 Å². The first-order valence-electron chi connectivity index (χ1n) is 10.8. The van der Waals surface area contributed by atoms with Crippen molar-refractivity contribution in [3.8, 4) is 5.75 Å². The average molecular weight is 458 g/mol. The molecule has 1 aliphatic rings. The summed E-state index contributed by atoms with van der Waals surface area (Å²) in [6.07, 6.45) is 2.80. The van der Waals surface area contributed by atoms with Gasteiger partial charge in [-0.1, -0.05) is 0 Å². The maximum atomic E-state index is 12.7. The highest BCUT2D eigenvalue weighted by Crippen LogP contribution is 2.24. The summed E-state index contributed by atoms with van der Waals surface area (Å²) in [7, 11) is 4.08. The van der Waals surface area contributed by atoms with Crippen molar-refractivity contribution in [3.05, 3.63) is 54.2 Å². The fraction of sp³-hybridized carbons (Fsp3) is 0.375. The minimum atomic E-state index is 0. The Kier molecular flexibility index (Phi) is 7.88. The molecule has 3 aromatic rings. The molecule has 1 fully saturated rings. The van der Waals surface area contributed by atoms with E-state index in [0.29, 0.717) is 25.4 Å². The highest BCUT2D eigenvalue weighted by atomic mass is 35.5. The Balaban J connectivity index is 0.00000289. The Labute approximate surface area is 195 Å². The van der Waals surface area contributed by atoms with Crippen molar-refractivity contribution >= 4 is 40.6 Å². The van der Waals surface area contributed by atoms with E-state index < -0.39 is 0 Å². The fourth-order valence-corrected chi connectivity index (χ4v) is 4.02. The minimum absolute atomic E-state index is 0. The number of halogens is 1. The van der Waals surface area contributed by atoms with Gasteiger partial charge in [-0.3, -0.25) is 4.79 Å². The van der Waals surface area contributed by atoms with E-state index in [0.717, 1.165) is 30.4 Å². The maximum absolute atomic E-state index is 12.7. The summed E-state index contributed by atoms with van der Waals surface area (Å²) < 4.78 is 5.82. The zero-order chi connectivity index (χ0) is 21.8. The van der Waals surface area contributed by atoms with E-state index in [-0.39, 0.29) is 24.9 Å². The van der Waals surface area contributed by atoms with Gasteiger partial charge >= 0.3 is 0 Å². The van der Waals surface area contributed by atoms with Gasteiger partial charge in [-0.05, 0) is 61.0 Å². The summed E-state index contributed by atoms with van der Waals surface area (Å²) >= 11 is 0. The molecule has 0 spiro atoms. The number of fused-ring (bicyclic) bond motifs is 1. The number of nitrogens with one attached hydrogen (secondary N) is 1. The summed E-state index contributed by atoms with van der Waals surface area (Å²) in [4.78, 5) is 22.2.